The number of hydrogen-bond acceptors (Lipinski definition) is 4. The van der Waals surface area contributed by atoms with Crippen LogP contribution in [0.5, 0.6) is 11.5 Å². The van der Waals surface area contributed by atoms with Gasteiger partial charge in [-0.05, 0) is 54.4 Å². The molecule has 6 heteroatoms. The molecule has 152 valence electrons. The van der Waals surface area contributed by atoms with Gasteiger partial charge < -0.3 is 19.2 Å². The molecule has 2 heterocycles. The minimum atomic E-state index is -0.120. The number of nitrogens with one attached hydrogen (secondary N) is 1. The van der Waals surface area contributed by atoms with Crippen LogP contribution in [-0.2, 0) is 11.2 Å². The molecule has 0 bridgehead atoms. The summed E-state index contributed by atoms with van der Waals surface area (Å²) < 4.78 is 12.7. The highest BCUT2D eigenvalue weighted by Crippen LogP contribution is 2.30. The third kappa shape index (κ3) is 3.98. The number of amides is 1. The van der Waals surface area contributed by atoms with Crippen LogP contribution in [0, 0.1) is 6.92 Å². The van der Waals surface area contributed by atoms with E-state index < -0.39 is 0 Å². The van der Waals surface area contributed by atoms with Gasteiger partial charge in [0.25, 0.3) is 0 Å². The number of hydrogen-bond donors (Lipinski definition) is 1. The van der Waals surface area contributed by atoms with E-state index >= 15 is 0 Å². The third-order valence-electron chi connectivity index (χ3n) is 4.96. The summed E-state index contributed by atoms with van der Waals surface area (Å²) in [5.74, 6) is 1.28. The molecule has 0 aliphatic rings. The molecule has 1 amide bonds. The molecule has 0 saturated carbocycles. The first kappa shape index (κ1) is 19.5. The summed E-state index contributed by atoms with van der Waals surface area (Å²) in [5.41, 5.74) is 5.11. The summed E-state index contributed by atoms with van der Waals surface area (Å²) in [6.07, 6.45) is 4.17. The fourth-order valence-electron chi connectivity index (χ4n) is 3.47. The first-order valence-electron chi connectivity index (χ1n) is 9.63. The van der Waals surface area contributed by atoms with E-state index in [4.69, 9.17) is 9.47 Å². The molecule has 2 aromatic carbocycles. The Kier molecular flexibility index (Phi) is 5.39. The molecule has 0 aliphatic heterocycles. The lowest BCUT2D eigenvalue weighted by molar-refractivity contribution is -0.115. The molecule has 2 aromatic heterocycles. The Bertz CT molecular complexity index is 1180. The van der Waals surface area contributed by atoms with Gasteiger partial charge in [0.15, 0.2) is 0 Å². The van der Waals surface area contributed by atoms with Crippen molar-refractivity contribution in [1.29, 1.82) is 0 Å². The SMILES string of the molecule is COc1ccc(CC(=O)Nc2cc(-c3cn4ccccc4n3)ccc2OC)cc1C. The zero-order valence-electron chi connectivity index (χ0n) is 17.2. The fraction of sp³-hybridized carbons (Fsp3) is 0.167. The number of rotatable bonds is 6. The topological polar surface area (TPSA) is 64.9 Å². The van der Waals surface area contributed by atoms with Gasteiger partial charge in [0, 0.05) is 18.0 Å². The molecular weight excluding hydrogens is 378 g/mol. The van der Waals surface area contributed by atoms with Crippen molar-refractivity contribution < 1.29 is 14.3 Å². The summed E-state index contributed by atoms with van der Waals surface area (Å²) >= 11 is 0. The van der Waals surface area contributed by atoms with Crippen LogP contribution in [0.4, 0.5) is 5.69 Å². The number of aromatic nitrogens is 2. The molecule has 0 unspecified atom stereocenters. The zero-order valence-corrected chi connectivity index (χ0v) is 17.2. The monoisotopic (exact) mass is 401 g/mol. The number of anilines is 1. The predicted molar refractivity (Wildman–Crippen MR) is 117 cm³/mol. The summed E-state index contributed by atoms with van der Waals surface area (Å²) in [6, 6.07) is 17.3. The largest absolute Gasteiger partial charge is 0.496 e. The van der Waals surface area contributed by atoms with Crippen molar-refractivity contribution in [1.82, 2.24) is 9.38 Å². The first-order valence-corrected chi connectivity index (χ1v) is 9.63. The summed E-state index contributed by atoms with van der Waals surface area (Å²) in [5, 5.41) is 2.97. The number of carbonyl (C=O) groups excluding carboxylic acids is 1. The fourth-order valence-corrected chi connectivity index (χ4v) is 3.47. The van der Waals surface area contributed by atoms with Crippen LogP contribution in [-0.4, -0.2) is 29.5 Å². The summed E-state index contributed by atoms with van der Waals surface area (Å²) in [4.78, 5) is 17.3. The van der Waals surface area contributed by atoms with E-state index in [1.807, 2.05) is 78.3 Å². The lowest BCUT2D eigenvalue weighted by atomic mass is 10.1. The van der Waals surface area contributed by atoms with Crippen molar-refractivity contribution in [2.75, 3.05) is 19.5 Å². The molecule has 30 heavy (non-hydrogen) atoms. The minimum absolute atomic E-state index is 0.120. The maximum atomic E-state index is 12.7. The van der Waals surface area contributed by atoms with Gasteiger partial charge in [-0.3, -0.25) is 4.79 Å². The molecule has 4 aromatic rings. The average Bonchev–Trinajstić information content (AvgIpc) is 3.18. The number of ether oxygens (including phenoxy) is 2. The van der Waals surface area contributed by atoms with Crippen LogP contribution < -0.4 is 14.8 Å². The van der Waals surface area contributed by atoms with Crippen molar-refractivity contribution >= 4 is 17.2 Å². The molecule has 6 nitrogen and oxygen atoms in total. The van der Waals surface area contributed by atoms with Gasteiger partial charge in [-0.15, -0.1) is 0 Å². The standard InChI is InChI=1S/C24H23N3O3/c1-16-12-17(7-9-21(16)29-2)13-24(28)26-19-14-18(8-10-22(19)30-3)20-15-27-11-5-4-6-23(27)25-20/h4-12,14-15H,13H2,1-3H3,(H,26,28). The normalized spacial score (nSPS) is 10.8. The molecule has 0 radical (unpaired) electrons. The Balaban J connectivity index is 1.57. The molecular formula is C24H23N3O3. The quantitative estimate of drug-likeness (QED) is 0.516. The molecule has 0 fully saturated rings. The first-order chi connectivity index (χ1) is 14.6. The highest BCUT2D eigenvalue weighted by atomic mass is 16.5. The smallest absolute Gasteiger partial charge is 0.228 e. The van der Waals surface area contributed by atoms with Crippen LogP contribution in [0.1, 0.15) is 11.1 Å². The van der Waals surface area contributed by atoms with E-state index in [1.54, 1.807) is 14.2 Å². The van der Waals surface area contributed by atoms with Crippen LogP contribution in [0.3, 0.4) is 0 Å². The molecule has 0 saturated heterocycles. The second kappa shape index (κ2) is 8.29. The highest BCUT2D eigenvalue weighted by Gasteiger charge is 2.12. The molecule has 0 aliphatic carbocycles. The molecule has 1 N–H and O–H groups in total. The van der Waals surface area contributed by atoms with Crippen LogP contribution in [0.25, 0.3) is 16.9 Å². The van der Waals surface area contributed by atoms with Gasteiger partial charge in [-0.2, -0.15) is 0 Å². The Hall–Kier alpha value is -3.80. The average molecular weight is 401 g/mol. The molecule has 0 atom stereocenters. The number of benzene rings is 2. The maximum absolute atomic E-state index is 12.7. The third-order valence-corrected chi connectivity index (χ3v) is 4.96. The van der Waals surface area contributed by atoms with E-state index in [0.717, 1.165) is 33.8 Å². The number of carbonyl (C=O) groups is 1. The number of methoxy groups -OCH3 is 2. The molecule has 4 rings (SSSR count). The lowest BCUT2D eigenvalue weighted by Gasteiger charge is -2.12. The second-order valence-electron chi connectivity index (χ2n) is 7.04. The Morgan fingerprint density at radius 2 is 1.83 bits per heavy atom. The van der Waals surface area contributed by atoms with Crippen LogP contribution in [0.15, 0.2) is 67.0 Å². The van der Waals surface area contributed by atoms with E-state index in [-0.39, 0.29) is 12.3 Å². The van der Waals surface area contributed by atoms with Gasteiger partial charge >= 0.3 is 0 Å². The van der Waals surface area contributed by atoms with Gasteiger partial charge in [0.1, 0.15) is 17.1 Å². The lowest BCUT2D eigenvalue weighted by Crippen LogP contribution is -2.15. The second-order valence-corrected chi connectivity index (χ2v) is 7.04. The van der Waals surface area contributed by atoms with Crippen LogP contribution >= 0.6 is 0 Å². The van der Waals surface area contributed by atoms with Crippen molar-refractivity contribution in [3.8, 4) is 22.8 Å². The number of nitrogens with zero attached hydrogens (tertiary/aromatic N) is 2. The zero-order chi connectivity index (χ0) is 21.1. The van der Waals surface area contributed by atoms with Crippen LogP contribution in [0.2, 0.25) is 0 Å². The predicted octanol–water partition coefficient (Wildman–Crippen LogP) is 4.51. The Morgan fingerprint density at radius 3 is 2.57 bits per heavy atom. The summed E-state index contributed by atoms with van der Waals surface area (Å²) in [6.45, 7) is 1.96. The van der Waals surface area contributed by atoms with Gasteiger partial charge in [-0.25, -0.2) is 4.98 Å². The van der Waals surface area contributed by atoms with Crippen molar-refractivity contribution in [2.45, 2.75) is 13.3 Å². The minimum Gasteiger partial charge on any atom is -0.496 e. The Morgan fingerprint density at radius 1 is 1.03 bits per heavy atom. The summed E-state index contributed by atoms with van der Waals surface area (Å²) in [7, 11) is 3.22. The maximum Gasteiger partial charge on any atom is 0.228 e. The number of imidazole rings is 1. The van der Waals surface area contributed by atoms with Gasteiger partial charge in [0.05, 0.1) is 32.0 Å². The molecule has 0 spiro atoms. The van der Waals surface area contributed by atoms with E-state index in [2.05, 4.69) is 10.3 Å². The van der Waals surface area contributed by atoms with E-state index in [9.17, 15) is 4.79 Å². The number of aryl methyl sites for hydroxylation is 1. The van der Waals surface area contributed by atoms with Crippen molar-refractivity contribution in [2.24, 2.45) is 0 Å². The van der Waals surface area contributed by atoms with Crippen molar-refractivity contribution in [3.63, 3.8) is 0 Å². The number of fused-ring (bicyclic) bond motifs is 1. The Labute approximate surface area is 175 Å². The van der Waals surface area contributed by atoms with Crippen molar-refractivity contribution in [3.05, 3.63) is 78.1 Å². The van der Waals surface area contributed by atoms with E-state index in [0.29, 0.717) is 11.4 Å². The van der Waals surface area contributed by atoms with E-state index in [1.165, 1.54) is 0 Å². The number of pyridine rings is 1. The van der Waals surface area contributed by atoms with Gasteiger partial charge in [0.2, 0.25) is 5.91 Å². The van der Waals surface area contributed by atoms with Gasteiger partial charge in [-0.1, -0.05) is 18.2 Å². The highest BCUT2D eigenvalue weighted by molar-refractivity contribution is 5.94.